The standard InChI is InChI=1S/C31H42O4/c1-19-21-8-9-24-29(5,22(21)16-23(33)26(19)34)13-15-31(7)25-17-27(3,18-35-20(2)32)10-11-28(25,4)12-14-30(24,31)6/h8-9,16,25,34H,10-15,17-18H2,1-7H3/t25-,27-,28-,29+,30-,31+/m1/s1. The topological polar surface area (TPSA) is 63.6 Å². The van der Waals surface area contributed by atoms with Gasteiger partial charge in [0.05, 0.1) is 6.61 Å². The van der Waals surface area contributed by atoms with Crippen LogP contribution in [0.1, 0.15) is 93.4 Å². The molecule has 0 unspecified atom stereocenters. The van der Waals surface area contributed by atoms with E-state index in [0.29, 0.717) is 23.5 Å². The quantitative estimate of drug-likeness (QED) is 0.427. The number of fused-ring (bicyclic) bond motifs is 7. The molecule has 0 bridgehead atoms. The summed E-state index contributed by atoms with van der Waals surface area (Å²) < 4.78 is 5.56. The van der Waals surface area contributed by atoms with Crippen molar-refractivity contribution in [1.29, 1.82) is 0 Å². The van der Waals surface area contributed by atoms with E-state index in [1.807, 2.05) is 6.92 Å². The maximum Gasteiger partial charge on any atom is 0.302 e. The second-order valence-electron chi connectivity index (χ2n) is 13.6. The van der Waals surface area contributed by atoms with E-state index in [2.05, 4.69) is 46.8 Å². The van der Waals surface area contributed by atoms with Crippen LogP contribution in [-0.4, -0.2) is 23.5 Å². The predicted octanol–water partition coefficient (Wildman–Crippen LogP) is 7.18. The monoisotopic (exact) mass is 478 g/mol. The number of ether oxygens (including phenoxy) is 1. The SMILES string of the molecule is CC(=O)OC[C@]1(C)CC[C@]2(C)CC[C@]3(C)C4=CC=C5C(=CC(=O)C(O)=C5C)[C@]4(C)CC[C@@]3(C)[C@@H]2C1. The van der Waals surface area contributed by atoms with Crippen molar-refractivity contribution in [2.75, 3.05) is 6.61 Å². The van der Waals surface area contributed by atoms with Gasteiger partial charge in [0.1, 0.15) is 0 Å². The van der Waals surface area contributed by atoms with Crippen LogP contribution in [0.25, 0.3) is 0 Å². The highest BCUT2D eigenvalue weighted by atomic mass is 16.5. The highest BCUT2D eigenvalue weighted by Crippen LogP contribution is 2.75. The zero-order valence-corrected chi connectivity index (χ0v) is 22.6. The van der Waals surface area contributed by atoms with Crippen molar-refractivity contribution in [3.05, 3.63) is 46.3 Å². The van der Waals surface area contributed by atoms with E-state index >= 15 is 0 Å². The van der Waals surface area contributed by atoms with Crippen LogP contribution < -0.4 is 0 Å². The lowest BCUT2D eigenvalue weighted by Crippen LogP contribution is -2.62. The maximum atomic E-state index is 12.6. The summed E-state index contributed by atoms with van der Waals surface area (Å²) in [5.74, 6) is -0.0183. The zero-order valence-electron chi connectivity index (χ0n) is 22.6. The molecule has 0 heterocycles. The first-order valence-corrected chi connectivity index (χ1v) is 13.4. The summed E-state index contributed by atoms with van der Waals surface area (Å²) in [5, 5.41) is 10.3. The molecular weight excluding hydrogens is 436 g/mol. The number of esters is 1. The van der Waals surface area contributed by atoms with E-state index in [4.69, 9.17) is 4.74 Å². The van der Waals surface area contributed by atoms with Crippen molar-refractivity contribution < 1.29 is 19.4 Å². The van der Waals surface area contributed by atoms with Gasteiger partial charge in [0.2, 0.25) is 5.78 Å². The molecule has 3 fully saturated rings. The highest BCUT2D eigenvalue weighted by molar-refractivity contribution is 6.06. The van der Waals surface area contributed by atoms with Crippen LogP contribution in [0, 0.1) is 33.0 Å². The number of carbonyl (C=O) groups is 2. The van der Waals surface area contributed by atoms with Gasteiger partial charge in [0, 0.05) is 23.3 Å². The molecule has 4 nitrogen and oxygen atoms in total. The average Bonchev–Trinajstić information content (AvgIpc) is 2.80. The lowest BCUT2D eigenvalue weighted by atomic mass is 9.34. The van der Waals surface area contributed by atoms with E-state index < -0.39 is 0 Å². The molecule has 0 aromatic rings. The van der Waals surface area contributed by atoms with Crippen LogP contribution in [-0.2, 0) is 14.3 Å². The Labute approximate surface area is 210 Å². The zero-order chi connectivity index (χ0) is 25.6. The Bertz CT molecular complexity index is 1140. The van der Waals surface area contributed by atoms with Crippen LogP contribution in [0.3, 0.4) is 0 Å². The minimum Gasteiger partial charge on any atom is -0.504 e. The molecule has 5 aliphatic rings. The number of rotatable bonds is 2. The van der Waals surface area contributed by atoms with Gasteiger partial charge >= 0.3 is 5.97 Å². The summed E-state index contributed by atoms with van der Waals surface area (Å²) in [6.45, 7) is 16.0. The first kappa shape index (κ1) is 24.6. The first-order valence-electron chi connectivity index (χ1n) is 13.4. The molecule has 0 aliphatic heterocycles. The third-order valence-electron chi connectivity index (χ3n) is 11.6. The minimum absolute atomic E-state index is 0.0175. The molecule has 3 saturated carbocycles. The highest BCUT2D eigenvalue weighted by Gasteiger charge is 2.66. The normalized spacial score (nSPS) is 44.7. The maximum absolute atomic E-state index is 12.6. The van der Waals surface area contributed by atoms with Gasteiger partial charge in [0.15, 0.2) is 5.76 Å². The number of aliphatic hydroxyl groups excluding tert-OH is 1. The fraction of sp³-hybridized carbons (Fsp3) is 0.677. The molecule has 5 aliphatic carbocycles. The molecule has 0 amide bonds. The van der Waals surface area contributed by atoms with Crippen LogP contribution in [0.2, 0.25) is 0 Å². The van der Waals surface area contributed by atoms with Crippen LogP contribution >= 0.6 is 0 Å². The Balaban J connectivity index is 1.58. The average molecular weight is 479 g/mol. The van der Waals surface area contributed by atoms with Crippen molar-refractivity contribution in [2.45, 2.75) is 93.4 Å². The van der Waals surface area contributed by atoms with Gasteiger partial charge in [-0.15, -0.1) is 0 Å². The Morgan fingerprint density at radius 3 is 2.40 bits per heavy atom. The molecule has 0 saturated heterocycles. The number of hydrogen-bond donors (Lipinski definition) is 1. The molecule has 5 rings (SSSR count). The molecule has 0 aromatic carbocycles. The summed E-state index contributed by atoms with van der Waals surface area (Å²) in [5.41, 5.74) is 4.55. The summed E-state index contributed by atoms with van der Waals surface area (Å²) in [4.78, 5) is 24.3. The molecule has 4 heteroatoms. The number of carbonyl (C=O) groups excluding carboxylic acids is 2. The van der Waals surface area contributed by atoms with Crippen molar-refractivity contribution >= 4 is 11.8 Å². The third kappa shape index (κ3) is 3.23. The van der Waals surface area contributed by atoms with E-state index in [-0.39, 0.29) is 39.2 Å². The molecule has 0 radical (unpaired) electrons. The van der Waals surface area contributed by atoms with Crippen molar-refractivity contribution in [2.24, 2.45) is 33.0 Å². The first-order chi connectivity index (χ1) is 16.2. The molecule has 0 spiro atoms. The molecular formula is C31H42O4. The van der Waals surface area contributed by atoms with Crippen LogP contribution in [0.4, 0.5) is 0 Å². The molecule has 6 atom stereocenters. The van der Waals surface area contributed by atoms with Gasteiger partial charge < -0.3 is 9.84 Å². The Kier molecular flexibility index (Phi) is 5.24. The fourth-order valence-electron chi connectivity index (χ4n) is 8.93. The summed E-state index contributed by atoms with van der Waals surface area (Å²) >= 11 is 0. The van der Waals surface area contributed by atoms with Gasteiger partial charge in [0.25, 0.3) is 0 Å². The third-order valence-corrected chi connectivity index (χ3v) is 11.6. The Morgan fingerprint density at radius 1 is 1.03 bits per heavy atom. The Hall–Kier alpha value is -2.10. The van der Waals surface area contributed by atoms with Gasteiger partial charge in [-0.2, -0.15) is 0 Å². The van der Waals surface area contributed by atoms with E-state index in [1.165, 1.54) is 25.3 Å². The number of allylic oxidation sites excluding steroid dienone is 7. The van der Waals surface area contributed by atoms with Crippen LogP contribution in [0.5, 0.6) is 0 Å². The minimum atomic E-state index is -0.264. The fourth-order valence-corrected chi connectivity index (χ4v) is 8.93. The van der Waals surface area contributed by atoms with Crippen molar-refractivity contribution in [3.8, 4) is 0 Å². The van der Waals surface area contributed by atoms with E-state index in [9.17, 15) is 14.7 Å². The second kappa shape index (κ2) is 7.46. The molecule has 190 valence electrons. The molecule has 0 aromatic heterocycles. The lowest BCUT2D eigenvalue weighted by Gasteiger charge is -2.70. The van der Waals surface area contributed by atoms with Crippen LogP contribution in [0.15, 0.2) is 46.3 Å². The largest absolute Gasteiger partial charge is 0.504 e. The second-order valence-corrected chi connectivity index (χ2v) is 13.6. The summed E-state index contributed by atoms with van der Waals surface area (Å²) in [6, 6.07) is 0. The smallest absolute Gasteiger partial charge is 0.302 e. The van der Waals surface area contributed by atoms with E-state index in [0.717, 1.165) is 43.3 Å². The Morgan fingerprint density at radius 2 is 1.71 bits per heavy atom. The summed E-state index contributed by atoms with van der Waals surface area (Å²) in [7, 11) is 0. The van der Waals surface area contributed by atoms with Crippen molar-refractivity contribution in [3.63, 3.8) is 0 Å². The van der Waals surface area contributed by atoms with Gasteiger partial charge in [-0.3, -0.25) is 9.59 Å². The lowest BCUT2D eigenvalue weighted by molar-refractivity contribution is -0.172. The molecule has 1 N–H and O–H groups in total. The van der Waals surface area contributed by atoms with Gasteiger partial charge in [-0.25, -0.2) is 0 Å². The predicted molar refractivity (Wildman–Crippen MR) is 138 cm³/mol. The number of hydrogen-bond acceptors (Lipinski definition) is 4. The summed E-state index contributed by atoms with van der Waals surface area (Å²) in [6.07, 6.45) is 14.0. The van der Waals surface area contributed by atoms with E-state index in [1.54, 1.807) is 6.08 Å². The van der Waals surface area contributed by atoms with Gasteiger partial charge in [-0.05, 0) is 91.3 Å². The van der Waals surface area contributed by atoms with Gasteiger partial charge in [-0.1, -0.05) is 52.3 Å². The molecule has 35 heavy (non-hydrogen) atoms. The number of aliphatic hydroxyl groups is 1. The van der Waals surface area contributed by atoms with Crippen molar-refractivity contribution in [1.82, 2.24) is 0 Å². The number of ketones is 1.